The summed E-state index contributed by atoms with van der Waals surface area (Å²) in [6.45, 7) is 3.68. The van der Waals surface area contributed by atoms with Crippen molar-refractivity contribution in [2.75, 3.05) is 6.54 Å². The fourth-order valence-electron chi connectivity index (χ4n) is 5.88. The Morgan fingerprint density at radius 2 is 1.78 bits per heavy atom. The van der Waals surface area contributed by atoms with Crippen molar-refractivity contribution in [2.24, 2.45) is 0 Å². The van der Waals surface area contributed by atoms with Gasteiger partial charge in [0.25, 0.3) is 0 Å². The number of fused-ring (bicyclic) bond motifs is 1. The van der Waals surface area contributed by atoms with Crippen LogP contribution in [0.1, 0.15) is 55.8 Å². The lowest BCUT2D eigenvalue weighted by atomic mass is 9.71. The monoisotopic (exact) mass is 612 g/mol. The Hall–Kier alpha value is -2.91. The molecule has 41 heavy (non-hydrogen) atoms. The number of hydrogen-bond acceptors (Lipinski definition) is 4. The third-order valence-electron chi connectivity index (χ3n) is 8.19. The number of sulfonamides is 1. The van der Waals surface area contributed by atoms with Crippen molar-refractivity contribution in [1.29, 1.82) is 0 Å². The van der Waals surface area contributed by atoms with Crippen LogP contribution in [-0.4, -0.2) is 36.4 Å². The van der Waals surface area contributed by atoms with Gasteiger partial charge in [-0.1, -0.05) is 66.7 Å². The molecule has 2 aromatic heterocycles. The highest BCUT2D eigenvalue weighted by Crippen LogP contribution is 2.38. The van der Waals surface area contributed by atoms with Crippen molar-refractivity contribution >= 4 is 50.0 Å². The molecule has 1 fully saturated rings. The first kappa shape index (κ1) is 29.6. The number of aromatic amines is 1. The van der Waals surface area contributed by atoms with Crippen molar-refractivity contribution < 1.29 is 13.2 Å². The minimum absolute atomic E-state index is 0.0146. The predicted octanol–water partition coefficient (Wildman–Crippen LogP) is 6.48. The molecule has 1 aliphatic rings. The Labute approximate surface area is 251 Å². The van der Waals surface area contributed by atoms with Gasteiger partial charge in [0.2, 0.25) is 15.9 Å². The zero-order valence-electron chi connectivity index (χ0n) is 23.1. The minimum atomic E-state index is -4.22. The molecule has 216 valence electrons. The molecule has 0 unspecified atom stereocenters. The molecular weight excluding hydrogens is 579 g/mol. The molecule has 2 heterocycles. The van der Waals surface area contributed by atoms with Crippen LogP contribution in [0.5, 0.6) is 0 Å². The van der Waals surface area contributed by atoms with Crippen molar-refractivity contribution in [3.63, 3.8) is 0 Å². The number of carbonyl (C=O) groups excluding carboxylic acids is 1. The van der Waals surface area contributed by atoms with Crippen LogP contribution < -0.4 is 10.0 Å². The lowest BCUT2D eigenvalue weighted by Gasteiger charge is -2.38. The molecule has 1 atom stereocenters. The van der Waals surface area contributed by atoms with E-state index in [1.165, 1.54) is 12.1 Å². The number of nitrogens with zero attached hydrogens (tertiary/aromatic N) is 1. The number of para-hydroxylation sites is 1. The van der Waals surface area contributed by atoms with Gasteiger partial charge in [0.15, 0.2) is 0 Å². The molecule has 0 spiro atoms. The molecular formula is C31H34Cl2N4O3S. The van der Waals surface area contributed by atoms with Gasteiger partial charge in [-0.2, -0.15) is 4.72 Å². The first-order valence-electron chi connectivity index (χ1n) is 13.8. The SMILES string of the molecule is Cc1cc(S(=O)(=O)N[C@@](C)(Cc2c[nH]c3ccccc23)C(=O)NCC2(c3ccccn3)CCCCC2)c(Cl)cc1Cl. The standard InChI is InChI=1S/C31H34Cl2N4O3S/c1-21-16-27(25(33)17-24(21)32)41(39,40)37-30(2,18-22-19-35-26-11-5-4-10-23(22)26)29(38)36-20-31(13-7-3-8-14-31)28-12-6-9-15-34-28/h4-6,9-12,15-17,19,35,37H,3,7-8,13-14,18,20H2,1-2H3,(H,36,38)/t30-/m0/s1. The summed E-state index contributed by atoms with van der Waals surface area (Å²) in [4.78, 5) is 21.9. The average Bonchev–Trinajstić information content (AvgIpc) is 3.36. The molecule has 0 bridgehead atoms. The van der Waals surface area contributed by atoms with E-state index in [4.69, 9.17) is 23.2 Å². The number of aromatic nitrogens is 2. The van der Waals surface area contributed by atoms with E-state index in [2.05, 4.69) is 20.0 Å². The topological polar surface area (TPSA) is 104 Å². The van der Waals surface area contributed by atoms with Gasteiger partial charge in [-0.05, 0) is 68.1 Å². The first-order chi connectivity index (χ1) is 19.5. The number of rotatable bonds is 9. The van der Waals surface area contributed by atoms with Crippen LogP contribution >= 0.6 is 23.2 Å². The lowest BCUT2D eigenvalue weighted by molar-refractivity contribution is -0.126. The van der Waals surface area contributed by atoms with E-state index < -0.39 is 21.5 Å². The molecule has 2 aromatic carbocycles. The molecule has 1 amide bonds. The maximum Gasteiger partial charge on any atom is 0.243 e. The van der Waals surface area contributed by atoms with Crippen molar-refractivity contribution in [3.8, 4) is 0 Å². The van der Waals surface area contributed by atoms with Crippen molar-refractivity contribution in [2.45, 2.75) is 68.2 Å². The fourth-order valence-corrected chi connectivity index (χ4v) is 8.09. The van der Waals surface area contributed by atoms with Gasteiger partial charge >= 0.3 is 0 Å². The van der Waals surface area contributed by atoms with Crippen molar-refractivity contribution in [3.05, 3.63) is 93.9 Å². The van der Waals surface area contributed by atoms with E-state index in [0.717, 1.165) is 54.3 Å². The van der Waals surface area contributed by atoms with Crippen LogP contribution in [-0.2, 0) is 26.7 Å². The lowest BCUT2D eigenvalue weighted by Crippen LogP contribution is -2.59. The molecule has 7 nitrogen and oxygen atoms in total. The number of H-pyrrole nitrogens is 1. The smallest absolute Gasteiger partial charge is 0.243 e. The summed E-state index contributed by atoms with van der Waals surface area (Å²) >= 11 is 12.5. The quantitative estimate of drug-likeness (QED) is 0.201. The number of pyridine rings is 1. The van der Waals surface area contributed by atoms with Crippen molar-refractivity contribution in [1.82, 2.24) is 20.0 Å². The van der Waals surface area contributed by atoms with Gasteiger partial charge in [-0.25, -0.2) is 8.42 Å². The third kappa shape index (κ3) is 6.16. The summed E-state index contributed by atoms with van der Waals surface area (Å²) in [7, 11) is -4.22. The van der Waals surface area contributed by atoms with Gasteiger partial charge in [-0.3, -0.25) is 9.78 Å². The second-order valence-electron chi connectivity index (χ2n) is 11.2. The molecule has 0 aliphatic heterocycles. The van der Waals surface area contributed by atoms with E-state index in [1.54, 1.807) is 20.0 Å². The summed E-state index contributed by atoms with van der Waals surface area (Å²) in [6, 6.07) is 16.4. The number of carbonyl (C=O) groups is 1. The van der Waals surface area contributed by atoms with Crippen LogP contribution in [0.3, 0.4) is 0 Å². The maximum absolute atomic E-state index is 14.1. The molecule has 4 aromatic rings. The first-order valence-corrected chi connectivity index (χ1v) is 16.0. The Balaban J connectivity index is 1.49. The molecule has 3 N–H and O–H groups in total. The van der Waals surface area contributed by atoms with Crippen LogP contribution in [0.15, 0.2) is 71.9 Å². The molecule has 10 heteroatoms. The predicted molar refractivity (Wildman–Crippen MR) is 164 cm³/mol. The molecule has 1 saturated carbocycles. The number of hydrogen-bond donors (Lipinski definition) is 3. The molecule has 5 rings (SSSR count). The molecule has 1 aliphatic carbocycles. The third-order valence-corrected chi connectivity index (χ3v) is 10.7. The van der Waals surface area contributed by atoms with E-state index in [-0.39, 0.29) is 21.8 Å². The molecule has 0 radical (unpaired) electrons. The largest absolute Gasteiger partial charge is 0.361 e. The Bertz CT molecular complexity index is 1670. The number of nitrogens with one attached hydrogen (secondary N) is 3. The van der Waals surface area contributed by atoms with Crippen LogP contribution in [0, 0.1) is 6.92 Å². The number of amides is 1. The number of halogens is 2. The summed E-state index contributed by atoms with van der Waals surface area (Å²) in [5.74, 6) is -0.422. The fraction of sp³-hybridized carbons (Fsp3) is 0.355. The van der Waals surface area contributed by atoms with Crippen LogP contribution in [0.2, 0.25) is 10.0 Å². The average molecular weight is 614 g/mol. The maximum atomic E-state index is 14.1. The van der Waals surface area contributed by atoms with Gasteiger partial charge in [0.1, 0.15) is 10.4 Å². The van der Waals surface area contributed by atoms with E-state index >= 15 is 0 Å². The molecule has 0 saturated heterocycles. The normalized spacial score (nSPS) is 16.8. The summed E-state index contributed by atoms with van der Waals surface area (Å²) in [5.41, 5.74) is 1.38. The minimum Gasteiger partial charge on any atom is -0.361 e. The number of aryl methyl sites for hydroxylation is 1. The Morgan fingerprint density at radius 1 is 1.05 bits per heavy atom. The van der Waals surface area contributed by atoms with Gasteiger partial charge in [0.05, 0.1) is 5.02 Å². The Kier molecular flexibility index (Phi) is 8.48. The highest BCUT2D eigenvalue weighted by Gasteiger charge is 2.42. The zero-order valence-corrected chi connectivity index (χ0v) is 25.5. The highest BCUT2D eigenvalue weighted by molar-refractivity contribution is 7.89. The highest BCUT2D eigenvalue weighted by atomic mass is 35.5. The van der Waals surface area contributed by atoms with Crippen LogP contribution in [0.25, 0.3) is 10.9 Å². The van der Waals surface area contributed by atoms with Crippen LogP contribution in [0.4, 0.5) is 0 Å². The van der Waals surface area contributed by atoms with E-state index in [0.29, 0.717) is 17.1 Å². The van der Waals surface area contributed by atoms with Gasteiger partial charge in [0, 0.05) is 52.4 Å². The van der Waals surface area contributed by atoms with E-state index in [1.807, 2.05) is 48.7 Å². The summed E-state index contributed by atoms with van der Waals surface area (Å²) in [6.07, 6.45) is 8.73. The summed E-state index contributed by atoms with van der Waals surface area (Å²) in [5, 5.41) is 4.40. The van der Waals surface area contributed by atoms with Gasteiger partial charge in [-0.15, -0.1) is 0 Å². The zero-order chi connectivity index (χ0) is 29.3. The van der Waals surface area contributed by atoms with E-state index in [9.17, 15) is 13.2 Å². The van der Waals surface area contributed by atoms with Gasteiger partial charge < -0.3 is 10.3 Å². The second kappa shape index (κ2) is 11.8. The number of benzene rings is 2. The summed E-state index contributed by atoms with van der Waals surface area (Å²) < 4.78 is 30.3. The second-order valence-corrected chi connectivity index (χ2v) is 13.7. The Morgan fingerprint density at radius 3 is 2.51 bits per heavy atom.